The number of nitrogens with one attached hydrogen (secondary N) is 1. The molecule has 25 heavy (non-hydrogen) atoms. The molecule has 3 rings (SSSR count). The van der Waals surface area contributed by atoms with Crippen LogP contribution in [0.5, 0.6) is 0 Å². The van der Waals surface area contributed by atoms with Crippen molar-refractivity contribution in [2.24, 2.45) is 0 Å². The molecule has 0 saturated carbocycles. The lowest BCUT2D eigenvalue weighted by atomic mass is 10.2. The van der Waals surface area contributed by atoms with Crippen LogP contribution in [0.3, 0.4) is 0 Å². The van der Waals surface area contributed by atoms with Gasteiger partial charge in [0.25, 0.3) is 0 Å². The first-order valence-electron chi connectivity index (χ1n) is 8.38. The van der Waals surface area contributed by atoms with Crippen molar-refractivity contribution in [3.8, 4) is 0 Å². The van der Waals surface area contributed by atoms with Crippen LogP contribution in [0.1, 0.15) is 24.0 Å². The predicted molar refractivity (Wildman–Crippen MR) is 96.4 cm³/mol. The third-order valence-electron chi connectivity index (χ3n) is 4.44. The summed E-state index contributed by atoms with van der Waals surface area (Å²) in [7, 11) is -3.66. The van der Waals surface area contributed by atoms with Gasteiger partial charge < -0.3 is 5.32 Å². The van der Waals surface area contributed by atoms with Gasteiger partial charge in [-0.2, -0.15) is 4.31 Å². The Morgan fingerprint density at radius 1 is 1.12 bits per heavy atom. The second-order valence-electron chi connectivity index (χ2n) is 6.29. The van der Waals surface area contributed by atoms with E-state index in [9.17, 15) is 13.2 Å². The van der Waals surface area contributed by atoms with Crippen LogP contribution < -0.4 is 5.32 Å². The zero-order valence-corrected chi connectivity index (χ0v) is 15.0. The fourth-order valence-corrected chi connectivity index (χ4v) is 4.69. The fourth-order valence-electron chi connectivity index (χ4n) is 3.04. The maximum absolute atomic E-state index is 12.9. The van der Waals surface area contributed by atoms with Crippen molar-refractivity contribution in [1.82, 2.24) is 9.62 Å². The summed E-state index contributed by atoms with van der Waals surface area (Å²) >= 11 is 0. The molecule has 1 amide bonds. The molecule has 5 nitrogen and oxygen atoms in total. The average Bonchev–Trinajstić information content (AvgIpc) is 3.12. The molecule has 2 aromatic rings. The first-order chi connectivity index (χ1) is 12.0. The lowest BCUT2D eigenvalue weighted by molar-refractivity contribution is -0.124. The molecule has 1 saturated heterocycles. The minimum atomic E-state index is -3.66. The lowest BCUT2D eigenvalue weighted by Crippen LogP contribution is -2.45. The van der Waals surface area contributed by atoms with Gasteiger partial charge in [0.2, 0.25) is 15.9 Å². The van der Waals surface area contributed by atoms with Gasteiger partial charge in [-0.05, 0) is 37.5 Å². The molecule has 0 bridgehead atoms. The highest BCUT2D eigenvalue weighted by Crippen LogP contribution is 2.26. The molecule has 1 heterocycles. The van der Waals surface area contributed by atoms with Crippen LogP contribution in [0.25, 0.3) is 0 Å². The molecule has 1 fully saturated rings. The molecule has 1 N–H and O–H groups in total. The Labute approximate surface area is 148 Å². The molecule has 2 aromatic carbocycles. The molecule has 132 valence electrons. The Morgan fingerprint density at radius 3 is 2.48 bits per heavy atom. The quantitative estimate of drug-likeness (QED) is 0.893. The minimum absolute atomic E-state index is 0.237. The normalized spacial score (nSPS) is 18.2. The van der Waals surface area contributed by atoms with Crippen LogP contribution in [0, 0.1) is 6.92 Å². The summed E-state index contributed by atoms with van der Waals surface area (Å²) < 4.78 is 27.1. The second kappa shape index (κ2) is 7.37. The molecule has 0 unspecified atom stereocenters. The molecule has 1 aliphatic rings. The summed E-state index contributed by atoms with van der Waals surface area (Å²) in [5.41, 5.74) is 1.99. The number of aryl methyl sites for hydroxylation is 1. The molecular weight excluding hydrogens is 336 g/mol. The molecular formula is C19H22N2O3S. The van der Waals surface area contributed by atoms with E-state index in [2.05, 4.69) is 5.32 Å². The summed E-state index contributed by atoms with van der Waals surface area (Å²) in [5, 5.41) is 2.86. The number of nitrogens with zero attached hydrogens (tertiary/aromatic N) is 1. The summed E-state index contributed by atoms with van der Waals surface area (Å²) in [6.07, 6.45) is 1.24. The highest BCUT2D eigenvalue weighted by Gasteiger charge is 2.39. The van der Waals surface area contributed by atoms with E-state index in [4.69, 9.17) is 0 Å². The van der Waals surface area contributed by atoms with Gasteiger partial charge in [-0.15, -0.1) is 0 Å². The van der Waals surface area contributed by atoms with Crippen molar-refractivity contribution in [2.45, 2.75) is 37.2 Å². The van der Waals surface area contributed by atoms with Crippen LogP contribution >= 0.6 is 0 Å². The van der Waals surface area contributed by atoms with Gasteiger partial charge >= 0.3 is 0 Å². The fraction of sp³-hybridized carbons (Fsp3) is 0.316. The minimum Gasteiger partial charge on any atom is -0.351 e. The standard InChI is InChI=1S/C19H22N2O3S/c1-15-9-11-17(12-10-15)25(23,24)21-13-5-8-18(21)19(22)20-14-16-6-3-2-4-7-16/h2-4,6-7,9-12,18H,5,8,13-14H2,1H3,(H,20,22)/t18-/m1/s1. The molecule has 1 atom stereocenters. The van der Waals surface area contributed by atoms with Gasteiger partial charge in [-0.1, -0.05) is 48.0 Å². The van der Waals surface area contributed by atoms with Crippen LogP contribution in [-0.4, -0.2) is 31.2 Å². The zero-order valence-electron chi connectivity index (χ0n) is 14.2. The van der Waals surface area contributed by atoms with Crippen LogP contribution in [0.2, 0.25) is 0 Å². The van der Waals surface area contributed by atoms with Gasteiger partial charge in [-0.3, -0.25) is 4.79 Å². The Kier molecular flexibility index (Phi) is 5.20. The maximum atomic E-state index is 12.9. The van der Waals surface area contributed by atoms with Crippen LogP contribution in [0.15, 0.2) is 59.5 Å². The Balaban J connectivity index is 1.73. The number of rotatable bonds is 5. The highest BCUT2D eigenvalue weighted by atomic mass is 32.2. The smallest absolute Gasteiger partial charge is 0.243 e. The Bertz CT molecular complexity index is 833. The van der Waals surface area contributed by atoms with E-state index < -0.39 is 16.1 Å². The van der Waals surface area contributed by atoms with E-state index in [1.165, 1.54) is 4.31 Å². The van der Waals surface area contributed by atoms with Crippen molar-refractivity contribution in [3.05, 3.63) is 65.7 Å². The highest BCUT2D eigenvalue weighted by molar-refractivity contribution is 7.89. The number of sulfonamides is 1. The van der Waals surface area contributed by atoms with E-state index in [-0.39, 0.29) is 10.8 Å². The van der Waals surface area contributed by atoms with Gasteiger partial charge in [0.05, 0.1) is 4.90 Å². The topological polar surface area (TPSA) is 66.5 Å². The summed E-state index contributed by atoms with van der Waals surface area (Å²) in [6, 6.07) is 15.7. The molecule has 0 spiro atoms. The van der Waals surface area contributed by atoms with Gasteiger partial charge in [-0.25, -0.2) is 8.42 Å². The molecule has 6 heteroatoms. The maximum Gasteiger partial charge on any atom is 0.243 e. The van der Waals surface area contributed by atoms with E-state index in [0.29, 0.717) is 25.9 Å². The molecule has 0 aliphatic carbocycles. The number of amides is 1. The van der Waals surface area contributed by atoms with E-state index in [1.807, 2.05) is 37.3 Å². The number of hydrogen-bond acceptors (Lipinski definition) is 3. The SMILES string of the molecule is Cc1ccc(S(=O)(=O)N2CCC[C@@H]2C(=O)NCc2ccccc2)cc1. The van der Waals surface area contributed by atoms with Gasteiger partial charge in [0.15, 0.2) is 0 Å². The van der Waals surface area contributed by atoms with Crippen LogP contribution in [0.4, 0.5) is 0 Å². The second-order valence-corrected chi connectivity index (χ2v) is 8.18. The number of hydrogen-bond donors (Lipinski definition) is 1. The summed E-state index contributed by atoms with van der Waals surface area (Å²) in [5.74, 6) is -0.239. The molecule has 0 aromatic heterocycles. The average molecular weight is 358 g/mol. The van der Waals surface area contributed by atoms with Crippen molar-refractivity contribution >= 4 is 15.9 Å². The molecule has 0 radical (unpaired) electrons. The Morgan fingerprint density at radius 2 is 1.80 bits per heavy atom. The van der Waals surface area contributed by atoms with Crippen LogP contribution in [-0.2, 0) is 21.4 Å². The number of carbonyl (C=O) groups excluding carboxylic acids is 1. The van der Waals surface area contributed by atoms with Gasteiger partial charge in [0.1, 0.15) is 6.04 Å². The number of benzene rings is 2. The van der Waals surface area contributed by atoms with Crippen molar-refractivity contribution in [1.29, 1.82) is 0 Å². The zero-order chi connectivity index (χ0) is 17.9. The predicted octanol–water partition coefficient (Wildman–Crippen LogP) is 2.46. The monoisotopic (exact) mass is 358 g/mol. The first-order valence-corrected chi connectivity index (χ1v) is 9.82. The van der Waals surface area contributed by atoms with Crippen molar-refractivity contribution in [3.63, 3.8) is 0 Å². The van der Waals surface area contributed by atoms with E-state index >= 15 is 0 Å². The first kappa shape index (κ1) is 17.6. The van der Waals surface area contributed by atoms with Crippen molar-refractivity contribution in [2.75, 3.05) is 6.54 Å². The van der Waals surface area contributed by atoms with Crippen molar-refractivity contribution < 1.29 is 13.2 Å². The summed E-state index contributed by atoms with van der Waals surface area (Å²) in [4.78, 5) is 12.8. The third kappa shape index (κ3) is 3.91. The number of carbonyl (C=O) groups is 1. The largest absolute Gasteiger partial charge is 0.351 e. The lowest BCUT2D eigenvalue weighted by Gasteiger charge is -2.23. The Hall–Kier alpha value is -2.18. The third-order valence-corrected chi connectivity index (χ3v) is 6.37. The van der Waals surface area contributed by atoms with Gasteiger partial charge in [0, 0.05) is 13.1 Å². The van der Waals surface area contributed by atoms with E-state index in [0.717, 1.165) is 11.1 Å². The van der Waals surface area contributed by atoms with E-state index in [1.54, 1.807) is 24.3 Å². The molecule has 1 aliphatic heterocycles. The summed E-state index contributed by atoms with van der Waals surface area (Å²) in [6.45, 7) is 2.68.